The van der Waals surface area contributed by atoms with Crippen molar-refractivity contribution >= 4 is 8.07 Å². The summed E-state index contributed by atoms with van der Waals surface area (Å²) in [7, 11) is -1.10. The first-order chi connectivity index (χ1) is 7.97. The molecule has 1 nitrogen and oxygen atoms in total. The third-order valence-corrected chi connectivity index (χ3v) is 3.87. The highest BCUT2D eigenvalue weighted by molar-refractivity contribution is 6.80. The minimum absolute atomic E-state index is 0.206. The molecule has 2 heteroatoms. The van der Waals surface area contributed by atoms with Gasteiger partial charge in [-0.3, -0.25) is 0 Å². The predicted octanol–water partition coefficient (Wildman–Crippen LogP) is 3.80. The number of aliphatic hydroxyl groups excluding tert-OH is 1. The van der Waals surface area contributed by atoms with Gasteiger partial charge in [0.15, 0.2) is 0 Å². The van der Waals surface area contributed by atoms with Gasteiger partial charge in [-0.1, -0.05) is 61.7 Å². The van der Waals surface area contributed by atoms with Crippen LogP contribution in [0.25, 0.3) is 0 Å². The Bertz CT molecular complexity index is 338. The van der Waals surface area contributed by atoms with E-state index in [4.69, 9.17) is 0 Å². The molecule has 0 amide bonds. The quantitative estimate of drug-likeness (QED) is 0.759. The van der Waals surface area contributed by atoms with Gasteiger partial charge in [0.2, 0.25) is 0 Å². The zero-order chi connectivity index (χ0) is 12.7. The third kappa shape index (κ3) is 7.13. The molecule has 0 aliphatic rings. The van der Waals surface area contributed by atoms with Gasteiger partial charge in [-0.15, -0.1) is 0 Å². The van der Waals surface area contributed by atoms with E-state index in [1.165, 1.54) is 5.56 Å². The summed E-state index contributed by atoms with van der Waals surface area (Å²) in [6.45, 7) is 6.92. The molecule has 1 aromatic rings. The number of aliphatic hydroxyl groups is 1. The molecule has 0 aromatic heterocycles. The molecule has 1 atom stereocenters. The SMILES string of the molecule is C[Si](C)(C)/C=C\CC(O)CCc1ccccc1. The van der Waals surface area contributed by atoms with Crippen LogP contribution in [0.4, 0.5) is 0 Å². The first-order valence-electron chi connectivity index (χ1n) is 6.37. The molecule has 0 fully saturated rings. The Labute approximate surface area is 106 Å². The van der Waals surface area contributed by atoms with Crippen molar-refractivity contribution < 1.29 is 5.11 Å². The summed E-state index contributed by atoms with van der Waals surface area (Å²) in [6, 6.07) is 10.4. The lowest BCUT2D eigenvalue weighted by Gasteiger charge is -2.11. The lowest BCUT2D eigenvalue weighted by Crippen LogP contribution is -2.16. The van der Waals surface area contributed by atoms with E-state index in [1.54, 1.807) is 0 Å². The summed E-state index contributed by atoms with van der Waals surface area (Å²) in [5.74, 6) is 0. The van der Waals surface area contributed by atoms with Gasteiger partial charge >= 0.3 is 0 Å². The molecular formula is C15H24OSi. The highest BCUT2D eigenvalue weighted by Crippen LogP contribution is 2.09. The first-order valence-corrected chi connectivity index (χ1v) is 9.95. The van der Waals surface area contributed by atoms with E-state index in [-0.39, 0.29) is 6.10 Å². The van der Waals surface area contributed by atoms with Gasteiger partial charge in [0.05, 0.1) is 14.2 Å². The van der Waals surface area contributed by atoms with Gasteiger partial charge in [-0.05, 0) is 24.8 Å². The molecule has 0 heterocycles. The smallest absolute Gasteiger partial charge is 0.0682 e. The van der Waals surface area contributed by atoms with Crippen LogP contribution in [0, 0.1) is 0 Å². The van der Waals surface area contributed by atoms with Crippen molar-refractivity contribution in [3.05, 3.63) is 47.7 Å². The summed E-state index contributed by atoms with van der Waals surface area (Å²) in [6.07, 6.45) is 4.55. The monoisotopic (exact) mass is 248 g/mol. The van der Waals surface area contributed by atoms with Crippen molar-refractivity contribution in [2.24, 2.45) is 0 Å². The van der Waals surface area contributed by atoms with Crippen LogP contribution in [0.5, 0.6) is 0 Å². The maximum absolute atomic E-state index is 9.87. The highest BCUT2D eigenvalue weighted by atomic mass is 28.3. The van der Waals surface area contributed by atoms with Crippen molar-refractivity contribution in [2.45, 2.75) is 45.0 Å². The van der Waals surface area contributed by atoms with Crippen LogP contribution in [0.2, 0.25) is 19.6 Å². The summed E-state index contributed by atoms with van der Waals surface area (Å²) >= 11 is 0. The zero-order valence-corrected chi connectivity index (χ0v) is 12.2. The van der Waals surface area contributed by atoms with Crippen molar-refractivity contribution in [3.8, 4) is 0 Å². The van der Waals surface area contributed by atoms with Crippen molar-refractivity contribution in [3.63, 3.8) is 0 Å². The molecule has 17 heavy (non-hydrogen) atoms. The van der Waals surface area contributed by atoms with Crippen LogP contribution in [0.1, 0.15) is 18.4 Å². The Hall–Kier alpha value is -0.863. The van der Waals surface area contributed by atoms with E-state index in [0.29, 0.717) is 0 Å². The van der Waals surface area contributed by atoms with Crippen LogP contribution in [-0.4, -0.2) is 19.3 Å². The minimum atomic E-state index is -1.10. The fraction of sp³-hybridized carbons (Fsp3) is 0.467. The predicted molar refractivity (Wildman–Crippen MR) is 77.9 cm³/mol. The summed E-state index contributed by atoms with van der Waals surface area (Å²) < 4.78 is 0. The topological polar surface area (TPSA) is 20.2 Å². The molecule has 1 N–H and O–H groups in total. The van der Waals surface area contributed by atoms with E-state index >= 15 is 0 Å². The fourth-order valence-electron chi connectivity index (χ4n) is 1.67. The average Bonchev–Trinajstić information content (AvgIpc) is 2.26. The molecule has 1 rings (SSSR count). The lowest BCUT2D eigenvalue weighted by atomic mass is 10.1. The molecule has 0 saturated carbocycles. The van der Waals surface area contributed by atoms with E-state index in [0.717, 1.165) is 19.3 Å². The van der Waals surface area contributed by atoms with E-state index < -0.39 is 8.07 Å². The second-order valence-electron chi connectivity index (χ2n) is 5.68. The number of aryl methyl sites for hydroxylation is 1. The van der Waals surface area contributed by atoms with Crippen molar-refractivity contribution in [1.82, 2.24) is 0 Å². The number of rotatable bonds is 6. The summed E-state index contributed by atoms with van der Waals surface area (Å²) in [5, 5.41) is 9.87. The van der Waals surface area contributed by atoms with Crippen molar-refractivity contribution in [1.29, 1.82) is 0 Å². The van der Waals surface area contributed by atoms with Crippen LogP contribution in [0.15, 0.2) is 42.1 Å². The lowest BCUT2D eigenvalue weighted by molar-refractivity contribution is 0.168. The Morgan fingerprint density at radius 2 is 1.82 bits per heavy atom. The van der Waals surface area contributed by atoms with Crippen LogP contribution in [-0.2, 0) is 6.42 Å². The van der Waals surface area contributed by atoms with E-state index in [9.17, 15) is 5.11 Å². The summed E-state index contributed by atoms with van der Waals surface area (Å²) in [4.78, 5) is 0. The highest BCUT2D eigenvalue weighted by Gasteiger charge is 2.07. The largest absolute Gasteiger partial charge is 0.393 e. The Kier molecular flexibility index (Phi) is 5.66. The van der Waals surface area contributed by atoms with Crippen LogP contribution < -0.4 is 0 Å². The number of hydrogen-bond acceptors (Lipinski definition) is 1. The number of hydrogen-bond donors (Lipinski definition) is 1. The molecule has 0 aliphatic carbocycles. The molecule has 0 bridgehead atoms. The Morgan fingerprint density at radius 3 is 2.41 bits per heavy atom. The van der Waals surface area contributed by atoms with Crippen LogP contribution >= 0.6 is 0 Å². The molecule has 94 valence electrons. The fourth-order valence-corrected chi connectivity index (χ4v) is 2.52. The third-order valence-electron chi connectivity index (χ3n) is 2.64. The van der Waals surface area contributed by atoms with E-state index in [2.05, 4.69) is 43.5 Å². The van der Waals surface area contributed by atoms with Crippen LogP contribution in [0.3, 0.4) is 0 Å². The zero-order valence-electron chi connectivity index (χ0n) is 11.2. The molecule has 1 aromatic carbocycles. The van der Waals surface area contributed by atoms with Gasteiger partial charge in [-0.2, -0.15) is 0 Å². The minimum Gasteiger partial charge on any atom is -0.393 e. The van der Waals surface area contributed by atoms with E-state index in [1.807, 2.05) is 18.2 Å². The normalized spacial score (nSPS) is 14.1. The average molecular weight is 248 g/mol. The summed E-state index contributed by atoms with van der Waals surface area (Å²) in [5.41, 5.74) is 3.61. The maximum Gasteiger partial charge on any atom is 0.0682 e. The van der Waals surface area contributed by atoms with Gasteiger partial charge in [0.1, 0.15) is 0 Å². The molecular weight excluding hydrogens is 224 g/mol. The molecule has 0 radical (unpaired) electrons. The van der Waals surface area contributed by atoms with Gasteiger partial charge < -0.3 is 5.11 Å². The van der Waals surface area contributed by atoms with Gasteiger partial charge in [0.25, 0.3) is 0 Å². The number of benzene rings is 1. The molecule has 0 saturated heterocycles. The molecule has 0 aliphatic heterocycles. The standard InChI is InChI=1S/C15H24OSi/c1-17(2,3)13-7-10-15(16)12-11-14-8-5-4-6-9-14/h4-9,13,15-16H,10-12H2,1-3H3/b13-7-. The second-order valence-corrected chi connectivity index (χ2v) is 10.7. The second kappa shape index (κ2) is 6.77. The Morgan fingerprint density at radius 1 is 1.18 bits per heavy atom. The molecule has 1 unspecified atom stereocenters. The van der Waals surface area contributed by atoms with Gasteiger partial charge in [0, 0.05) is 0 Å². The van der Waals surface area contributed by atoms with Gasteiger partial charge in [-0.25, -0.2) is 0 Å². The first kappa shape index (κ1) is 14.2. The molecule has 0 spiro atoms. The van der Waals surface area contributed by atoms with Crippen molar-refractivity contribution in [2.75, 3.05) is 0 Å². The Balaban J connectivity index is 2.26. The maximum atomic E-state index is 9.87.